The molecular weight excluding hydrogens is 379 g/mol. The van der Waals surface area contributed by atoms with Crippen LogP contribution in [0.25, 0.3) is 0 Å². The van der Waals surface area contributed by atoms with Crippen molar-refractivity contribution < 1.29 is 18.0 Å². The van der Waals surface area contributed by atoms with Crippen LogP contribution in [0.1, 0.15) is 37.9 Å². The summed E-state index contributed by atoms with van der Waals surface area (Å²) in [6.45, 7) is 0. The highest BCUT2D eigenvalue weighted by atomic mass is 32.2. The number of nitrogens with two attached hydrogens (primary N) is 1. The highest BCUT2D eigenvalue weighted by molar-refractivity contribution is 7.99. The van der Waals surface area contributed by atoms with E-state index < -0.39 is 12.0 Å². The van der Waals surface area contributed by atoms with Crippen LogP contribution in [0, 0.1) is 0 Å². The lowest BCUT2D eigenvalue weighted by Gasteiger charge is -2.34. The largest absolute Gasteiger partial charge is 0.453 e. The van der Waals surface area contributed by atoms with Crippen LogP contribution in [0.15, 0.2) is 35.5 Å². The summed E-state index contributed by atoms with van der Waals surface area (Å²) in [4.78, 5) is 14.7. The molecule has 27 heavy (non-hydrogen) atoms. The molecule has 1 aromatic heterocycles. The number of nitrogens with zero attached hydrogens (tertiary/aromatic N) is 4. The van der Waals surface area contributed by atoms with Crippen LogP contribution in [0.4, 0.5) is 18.9 Å². The molecule has 0 spiro atoms. The molecule has 0 atom stereocenters. The van der Waals surface area contributed by atoms with E-state index in [-0.39, 0.29) is 22.9 Å². The lowest BCUT2D eigenvalue weighted by molar-refractivity contribution is -0.146. The predicted molar refractivity (Wildman–Crippen MR) is 96.7 cm³/mol. The van der Waals surface area contributed by atoms with Crippen LogP contribution in [0.3, 0.4) is 0 Å². The van der Waals surface area contributed by atoms with Crippen molar-refractivity contribution in [3.63, 3.8) is 0 Å². The molecule has 2 N–H and O–H groups in total. The summed E-state index contributed by atoms with van der Waals surface area (Å²) in [6, 6.07) is 9.41. The number of benzene rings is 1. The molecule has 1 fully saturated rings. The number of carbonyl (C=O) groups is 1. The molecule has 1 aliphatic rings. The fraction of sp³-hybridized carbons (Fsp3) is 0.471. The van der Waals surface area contributed by atoms with Gasteiger partial charge in [0.05, 0.1) is 5.75 Å². The second kappa shape index (κ2) is 8.20. The number of anilines is 1. The zero-order chi connectivity index (χ0) is 19.4. The Hall–Kier alpha value is -2.23. The number of alkyl halides is 3. The van der Waals surface area contributed by atoms with E-state index in [1.54, 1.807) is 4.90 Å². The maximum atomic E-state index is 12.9. The fourth-order valence-corrected chi connectivity index (χ4v) is 3.97. The highest BCUT2D eigenvalue weighted by Gasteiger charge is 2.38. The van der Waals surface area contributed by atoms with Gasteiger partial charge in [-0.3, -0.25) is 4.79 Å². The zero-order valence-corrected chi connectivity index (χ0v) is 15.3. The van der Waals surface area contributed by atoms with Crippen molar-refractivity contribution in [3.8, 4) is 0 Å². The number of hydrogen-bond donors (Lipinski definition) is 1. The molecule has 1 aromatic carbocycles. The van der Waals surface area contributed by atoms with Gasteiger partial charge < -0.3 is 10.7 Å². The van der Waals surface area contributed by atoms with E-state index in [1.165, 1.54) is 0 Å². The molecule has 2 aromatic rings. The second-order valence-electron chi connectivity index (χ2n) is 6.35. The molecule has 3 rings (SSSR count). The number of thioether (sulfide) groups is 1. The van der Waals surface area contributed by atoms with Crippen LogP contribution < -0.4 is 10.7 Å². The maximum Gasteiger partial charge on any atom is 0.453 e. The first-order chi connectivity index (χ1) is 12.9. The summed E-state index contributed by atoms with van der Waals surface area (Å²) in [7, 11) is 0. The summed E-state index contributed by atoms with van der Waals surface area (Å²) >= 11 is 0.852. The minimum atomic E-state index is -4.69. The van der Waals surface area contributed by atoms with Crippen molar-refractivity contribution in [2.75, 3.05) is 16.5 Å². The molecule has 6 nitrogen and oxygen atoms in total. The summed E-state index contributed by atoms with van der Waals surface area (Å²) in [5.41, 5.74) is 0.792. The van der Waals surface area contributed by atoms with Crippen molar-refractivity contribution in [2.24, 2.45) is 0 Å². The lowest BCUT2D eigenvalue weighted by atomic mass is 9.93. The van der Waals surface area contributed by atoms with E-state index in [2.05, 4.69) is 10.2 Å². The Morgan fingerprint density at radius 1 is 1.19 bits per heavy atom. The van der Waals surface area contributed by atoms with E-state index in [1.807, 2.05) is 30.3 Å². The third-order valence-corrected chi connectivity index (χ3v) is 5.41. The molecule has 0 saturated heterocycles. The number of para-hydroxylation sites is 1. The van der Waals surface area contributed by atoms with Crippen LogP contribution in [-0.2, 0) is 11.0 Å². The van der Waals surface area contributed by atoms with Crippen molar-refractivity contribution in [1.29, 1.82) is 0 Å². The minimum absolute atomic E-state index is 0.0708. The molecule has 0 bridgehead atoms. The molecule has 1 aliphatic carbocycles. The summed E-state index contributed by atoms with van der Waals surface area (Å²) in [5, 5.41) is 6.39. The third kappa shape index (κ3) is 4.55. The van der Waals surface area contributed by atoms with Gasteiger partial charge in [-0.05, 0) is 25.0 Å². The fourth-order valence-electron chi connectivity index (χ4n) is 3.25. The quantitative estimate of drug-likeness (QED) is 0.615. The molecule has 10 heteroatoms. The third-order valence-electron chi connectivity index (χ3n) is 4.49. The van der Waals surface area contributed by atoms with E-state index >= 15 is 0 Å². The van der Waals surface area contributed by atoms with Crippen molar-refractivity contribution in [2.45, 2.75) is 49.5 Å². The molecule has 0 unspecified atom stereocenters. The van der Waals surface area contributed by atoms with Crippen molar-refractivity contribution in [1.82, 2.24) is 14.9 Å². The van der Waals surface area contributed by atoms with E-state index in [0.29, 0.717) is 4.68 Å². The molecule has 1 heterocycles. The van der Waals surface area contributed by atoms with Crippen LogP contribution in [0.5, 0.6) is 0 Å². The molecule has 0 radical (unpaired) electrons. The molecule has 0 aliphatic heterocycles. The molecular formula is C17H20F3N5OS. The number of carbonyl (C=O) groups excluding carboxylic acids is 1. The van der Waals surface area contributed by atoms with Gasteiger partial charge in [-0.2, -0.15) is 13.2 Å². The van der Waals surface area contributed by atoms with Gasteiger partial charge in [0.2, 0.25) is 11.1 Å². The van der Waals surface area contributed by atoms with Gasteiger partial charge in [0.25, 0.3) is 5.82 Å². The first-order valence-corrected chi connectivity index (χ1v) is 9.64. The van der Waals surface area contributed by atoms with Gasteiger partial charge >= 0.3 is 6.18 Å². The monoisotopic (exact) mass is 399 g/mol. The van der Waals surface area contributed by atoms with Gasteiger partial charge in [-0.15, -0.1) is 10.2 Å². The Balaban J connectivity index is 1.74. The first kappa shape index (κ1) is 19.5. The standard InChI is InChI=1S/C17H20F3N5OS/c18-17(19,20)15-22-23-16(25(15)21)27-11-14(26)24(12-7-3-1-4-8-12)13-9-5-2-6-10-13/h1,3-4,7-8,13H,2,5-6,9-11,21H2. The van der Waals surface area contributed by atoms with Gasteiger partial charge in [0.15, 0.2) is 0 Å². The number of aromatic nitrogens is 3. The average Bonchev–Trinajstić information content (AvgIpc) is 3.03. The smallest absolute Gasteiger partial charge is 0.335 e. The van der Waals surface area contributed by atoms with Crippen LogP contribution in [0.2, 0.25) is 0 Å². The summed E-state index contributed by atoms with van der Waals surface area (Å²) < 4.78 is 38.7. The Kier molecular flexibility index (Phi) is 5.93. The Morgan fingerprint density at radius 3 is 2.44 bits per heavy atom. The van der Waals surface area contributed by atoms with Crippen molar-refractivity contribution >= 4 is 23.4 Å². The summed E-state index contributed by atoms with van der Waals surface area (Å²) in [5.74, 6) is 3.89. The van der Waals surface area contributed by atoms with Gasteiger partial charge in [0, 0.05) is 11.7 Å². The highest BCUT2D eigenvalue weighted by Crippen LogP contribution is 2.31. The number of nitrogen functional groups attached to an aromatic ring is 1. The summed E-state index contributed by atoms with van der Waals surface area (Å²) in [6.07, 6.45) is 0.398. The van der Waals surface area contributed by atoms with Gasteiger partial charge in [-0.1, -0.05) is 49.2 Å². The average molecular weight is 399 g/mol. The number of halogens is 3. The Bertz CT molecular complexity index is 775. The van der Waals surface area contributed by atoms with Gasteiger partial charge in [-0.25, -0.2) is 4.68 Å². The Morgan fingerprint density at radius 2 is 1.85 bits per heavy atom. The van der Waals surface area contributed by atoms with Crippen LogP contribution in [-0.4, -0.2) is 32.6 Å². The topological polar surface area (TPSA) is 77.0 Å². The maximum absolute atomic E-state index is 12.9. The molecule has 1 amide bonds. The number of hydrogen-bond acceptors (Lipinski definition) is 5. The van der Waals surface area contributed by atoms with Gasteiger partial charge in [0.1, 0.15) is 0 Å². The SMILES string of the molecule is Nn1c(SCC(=O)N(c2ccccc2)C2CCCCC2)nnc1C(F)(F)F. The molecule has 146 valence electrons. The zero-order valence-electron chi connectivity index (χ0n) is 14.5. The van der Waals surface area contributed by atoms with E-state index in [0.717, 1.165) is 49.6 Å². The van der Waals surface area contributed by atoms with Crippen LogP contribution >= 0.6 is 11.8 Å². The Labute approximate surface area is 158 Å². The van der Waals surface area contributed by atoms with E-state index in [9.17, 15) is 18.0 Å². The number of rotatable bonds is 5. The normalized spacial score (nSPS) is 15.7. The first-order valence-electron chi connectivity index (χ1n) is 8.65. The predicted octanol–water partition coefficient (Wildman–Crippen LogP) is 3.47. The lowest BCUT2D eigenvalue weighted by Crippen LogP contribution is -2.42. The van der Waals surface area contributed by atoms with Crippen molar-refractivity contribution in [3.05, 3.63) is 36.2 Å². The second-order valence-corrected chi connectivity index (χ2v) is 7.30. The number of amides is 1. The minimum Gasteiger partial charge on any atom is -0.335 e. The molecule has 1 saturated carbocycles. The van der Waals surface area contributed by atoms with E-state index in [4.69, 9.17) is 5.84 Å².